The van der Waals surface area contributed by atoms with Crippen LogP contribution in [0.4, 0.5) is 9.18 Å². The number of ether oxygens (including phenoxy) is 3. The molecule has 1 saturated carbocycles. The number of alkyl carbamates (subject to hydrolysis) is 1. The minimum atomic E-state index is -1.28. The van der Waals surface area contributed by atoms with Crippen molar-refractivity contribution in [2.45, 2.75) is 116 Å². The topological polar surface area (TPSA) is 149 Å². The Morgan fingerprint density at radius 3 is 2.54 bits per heavy atom. The zero-order valence-electron chi connectivity index (χ0n) is 28.8. The molecule has 2 heterocycles. The number of unbranched alkanes of at least 4 members (excludes halogenated alkanes) is 3. The van der Waals surface area contributed by atoms with Gasteiger partial charge in [-0.15, -0.1) is 6.58 Å². The van der Waals surface area contributed by atoms with E-state index in [1.165, 1.54) is 23.1 Å². The summed E-state index contributed by atoms with van der Waals surface area (Å²) in [5.41, 5.74) is -0.824. The minimum absolute atomic E-state index is 0.0159. The number of aromatic nitrogens is 2. The molecule has 48 heavy (non-hydrogen) atoms. The minimum Gasteiger partial charge on any atom is -0.471 e. The summed E-state index contributed by atoms with van der Waals surface area (Å²) >= 11 is 0. The van der Waals surface area contributed by atoms with Gasteiger partial charge in [-0.2, -0.15) is 0 Å². The number of hydrogen-bond donors (Lipinski definition) is 2. The largest absolute Gasteiger partial charge is 0.471 e. The van der Waals surface area contributed by atoms with Crippen molar-refractivity contribution in [1.29, 1.82) is 0 Å². The van der Waals surface area contributed by atoms with Crippen LogP contribution >= 0.6 is 0 Å². The number of esters is 1. The van der Waals surface area contributed by atoms with Crippen LogP contribution in [0.5, 0.6) is 5.88 Å². The first-order valence-electron chi connectivity index (χ1n) is 16.7. The molecule has 0 spiro atoms. The summed E-state index contributed by atoms with van der Waals surface area (Å²) in [6.45, 7) is 14.6. The lowest BCUT2D eigenvalue weighted by Crippen LogP contribution is -2.56. The fourth-order valence-corrected chi connectivity index (χ4v) is 5.99. The quantitative estimate of drug-likeness (QED) is 0.163. The lowest BCUT2D eigenvalue weighted by molar-refractivity contribution is -0.150. The fourth-order valence-electron chi connectivity index (χ4n) is 5.99. The van der Waals surface area contributed by atoms with Crippen molar-refractivity contribution in [2.24, 2.45) is 5.92 Å². The molecule has 13 heteroatoms. The molecule has 1 aromatic heterocycles. The van der Waals surface area contributed by atoms with Gasteiger partial charge in [0.25, 0.3) is 0 Å². The van der Waals surface area contributed by atoms with Crippen molar-refractivity contribution in [3.05, 3.63) is 42.4 Å². The molecule has 12 nitrogen and oxygen atoms in total. The molecule has 5 unspecified atom stereocenters. The van der Waals surface area contributed by atoms with E-state index < -0.39 is 59.0 Å². The van der Waals surface area contributed by atoms with E-state index in [1.54, 1.807) is 40.7 Å². The predicted octanol–water partition coefficient (Wildman–Crippen LogP) is 4.91. The molecule has 1 aliphatic carbocycles. The number of carbonyl (C=O) groups excluding carboxylic acids is 4. The van der Waals surface area contributed by atoms with E-state index in [4.69, 9.17) is 14.2 Å². The number of aryl methyl sites for hydroxylation is 1. The smallest absolute Gasteiger partial charge is 0.408 e. The highest BCUT2D eigenvalue weighted by atomic mass is 19.1. The Morgan fingerprint density at radius 1 is 1.15 bits per heavy atom. The molecule has 3 amide bonds. The molecule has 4 rings (SSSR count). The Balaban J connectivity index is 1.63. The number of benzene rings is 1. The molecular formula is C35H48FN5O7. The van der Waals surface area contributed by atoms with E-state index in [2.05, 4.69) is 34.1 Å². The Kier molecular flexibility index (Phi) is 11.6. The summed E-state index contributed by atoms with van der Waals surface area (Å²) in [6, 6.07) is 2.05. The molecule has 2 N–H and O–H groups in total. The van der Waals surface area contributed by atoms with Gasteiger partial charge in [0.2, 0.25) is 17.7 Å². The number of amides is 3. The Bertz CT molecular complexity index is 1530. The third kappa shape index (κ3) is 8.78. The van der Waals surface area contributed by atoms with Crippen LogP contribution in [-0.4, -0.2) is 81.2 Å². The maximum absolute atomic E-state index is 14.3. The summed E-state index contributed by atoms with van der Waals surface area (Å²) in [6.07, 6.45) is 4.35. The molecule has 5 atom stereocenters. The third-order valence-electron chi connectivity index (χ3n) is 8.50. The van der Waals surface area contributed by atoms with Crippen LogP contribution in [0.3, 0.4) is 0 Å². The van der Waals surface area contributed by atoms with E-state index in [0.29, 0.717) is 36.0 Å². The SMILES string of the molecule is C=CC1CC1(NC(=O)C1CC(Oc2nc3cc(F)ccc3nc2C)CN1C(=O)C(CCCCCC)NC(=O)OC(C)(C)C)C(=O)OCC. The first-order chi connectivity index (χ1) is 22.7. The molecule has 2 aliphatic rings. The normalized spacial score (nSPS) is 22.5. The Morgan fingerprint density at radius 2 is 1.90 bits per heavy atom. The average molecular weight is 670 g/mol. The first kappa shape index (κ1) is 36.5. The Labute approximate surface area is 281 Å². The van der Waals surface area contributed by atoms with Gasteiger partial charge in [0.05, 0.1) is 24.2 Å². The summed E-state index contributed by atoms with van der Waals surface area (Å²) in [4.78, 5) is 64.4. The van der Waals surface area contributed by atoms with Crippen molar-refractivity contribution in [3.8, 4) is 5.88 Å². The molecule has 0 bridgehead atoms. The second kappa shape index (κ2) is 15.3. The zero-order valence-corrected chi connectivity index (χ0v) is 28.8. The highest BCUT2D eigenvalue weighted by Gasteiger charge is 2.62. The number of fused-ring (bicyclic) bond motifs is 1. The number of carbonyl (C=O) groups is 4. The molecule has 0 radical (unpaired) electrons. The van der Waals surface area contributed by atoms with Crippen LogP contribution in [-0.2, 0) is 23.9 Å². The van der Waals surface area contributed by atoms with Gasteiger partial charge in [0.15, 0.2) is 0 Å². The van der Waals surface area contributed by atoms with Crippen LogP contribution < -0.4 is 15.4 Å². The van der Waals surface area contributed by atoms with Gasteiger partial charge in [0.1, 0.15) is 40.8 Å². The summed E-state index contributed by atoms with van der Waals surface area (Å²) in [5, 5.41) is 5.59. The van der Waals surface area contributed by atoms with E-state index in [9.17, 15) is 23.6 Å². The number of nitrogens with one attached hydrogen (secondary N) is 2. The molecule has 262 valence electrons. The van der Waals surface area contributed by atoms with Crippen LogP contribution in [0.15, 0.2) is 30.9 Å². The van der Waals surface area contributed by atoms with Crippen molar-refractivity contribution in [1.82, 2.24) is 25.5 Å². The highest BCUT2D eigenvalue weighted by Crippen LogP contribution is 2.45. The van der Waals surface area contributed by atoms with Crippen LogP contribution in [0.25, 0.3) is 11.0 Å². The van der Waals surface area contributed by atoms with Crippen molar-refractivity contribution < 1.29 is 37.8 Å². The average Bonchev–Trinajstić information content (AvgIpc) is 3.57. The third-order valence-corrected chi connectivity index (χ3v) is 8.50. The van der Waals surface area contributed by atoms with Crippen LogP contribution in [0, 0.1) is 18.7 Å². The highest BCUT2D eigenvalue weighted by molar-refractivity contribution is 5.96. The predicted molar refractivity (Wildman–Crippen MR) is 176 cm³/mol. The molecule has 1 aliphatic heterocycles. The summed E-state index contributed by atoms with van der Waals surface area (Å²) in [5.74, 6) is -2.26. The monoisotopic (exact) mass is 669 g/mol. The molecule has 2 fully saturated rings. The molecule has 1 saturated heterocycles. The van der Waals surface area contributed by atoms with Crippen molar-refractivity contribution in [3.63, 3.8) is 0 Å². The lowest BCUT2D eigenvalue weighted by Gasteiger charge is -2.30. The molecule has 2 aromatic rings. The second-order valence-electron chi connectivity index (χ2n) is 13.5. The second-order valence-corrected chi connectivity index (χ2v) is 13.5. The number of likely N-dealkylation sites (tertiary alicyclic amines) is 1. The lowest BCUT2D eigenvalue weighted by atomic mass is 10.1. The standard InChI is InChI=1S/C35H48FN5O7/c1-8-11-12-13-14-26(39-33(45)48-34(5,6)7)31(43)41-20-24(47-30-21(4)37-25-16-15-23(36)17-27(25)38-30)18-28(41)29(42)40-35(19-22(35)9-2)32(44)46-10-3/h9,15-17,22,24,26,28H,2,8,10-14,18-20H2,1,3-7H3,(H,39,45)(H,40,42). The maximum Gasteiger partial charge on any atom is 0.408 e. The number of rotatable bonds is 14. The van der Waals surface area contributed by atoms with Crippen LogP contribution in [0.2, 0.25) is 0 Å². The zero-order chi connectivity index (χ0) is 35.2. The van der Waals surface area contributed by atoms with Gasteiger partial charge >= 0.3 is 12.1 Å². The number of halogens is 1. The van der Waals surface area contributed by atoms with Gasteiger partial charge in [-0.1, -0.05) is 38.7 Å². The van der Waals surface area contributed by atoms with Gasteiger partial charge in [0, 0.05) is 18.4 Å². The Hall–Kier alpha value is -4.29. The van der Waals surface area contributed by atoms with E-state index >= 15 is 0 Å². The number of hydrogen-bond acceptors (Lipinski definition) is 9. The van der Waals surface area contributed by atoms with E-state index in [1.807, 2.05) is 0 Å². The summed E-state index contributed by atoms with van der Waals surface area (Å²) in [7, 11) is 0. The summed E-state index contributed by atoms with van der Waals surface area (Å²) < 4.78 is 30.9. The fraction of sp³-hybridized carbons (Fsp3) is 0.600. The number of nitrogens with zero attached hydrogens (tertiary/aromatic N) is 3. The molecular weight excluding hydrogens is 621 g/mol. The van der Waals surface area contributed by atoms with Gasteiger partial charge < -0.3 is 29.7 Å². The van der Waals surface area contributed by atoms with Gasteiger partial charge in [-0.05, 0) is 59.6 Å². The molecule has 1 aromatic carbocycles. The van der Waals surface area contributed by atoms with E-state index in [-0.39, 0.29) is 31.4 Å². The van der Waals surface area contributed by atoms with Crippen LogP contribution in [0.1, 0.15) is 85.3 Å². The first-order valence-corrected chi connectivity index (χ1v) is 16.7. The van der Waals surface area contributed by atoms with Crippen molar-refractivity contribution in [2.75, 3.05) is 13.2 Å². The van der Waals surface area contributed by atoms with Gasteiger partial charge in [-0.3, -0.25) is 9.59 Å². The maximum atomic E-state index is 14.3. The van der Waals surface area contributed by atoms with Gasteiger partial charge in [-0.25, -0.2) is 23.9 Å². The van der Waals surface area contributed by atoms with Crippen molar-refractivity contribution >= 4 is 34.9 Å². The van der Waals surface area contributed by atoms with E-state index in [0.717, 1.165) is 19.3 Å².